The van der Waals surface area contributed by atoms with Crippen LogP contribution in [-0.2, 0) is 44.3 Å². The van der Waals surface area contributed by atoms with E-state index in [2.05, 4.69) is 182 Å². The highest BCUT2D eigenvalue weighted by Gasteiger charge is 2.38. The van der Waals surface area contributed by atoms with Crippen molar-refractivity contribution >= 4 is 8.60 Å². The summed E-state index contributed by atoms with van der Waals surface area (Å²) in [6.45, 7) is 48.1. The summed E-state index contributed by atoms with van der Waals surface area (Å²) in [5.41, 5.74) is 10.3. The predicted molar refractivity (Wildman–Crippen MR) is 222 cm³/mol. The van der Waals surface area contributed by atoms with Gasteiger partial charge in [0.15, 0.2) is 0 Å². The molecule has 3 aromatic carbocycles. The Bertz CT molecular complexity index is 1640. The summed E-state index contributed by atoms with van der Waals surface area (Å²) in [5.74, 6) is 2.67. The number of fused-ring (bicyclic) bond motifs is 2. The molecular formula is C47H71O3P. The monoisotopic (exact) mass is 715 g/mol. The smallest absolute Gasteiger partial charge is 0.408 e. The zero-order valence-corrected chi connectivity index (χ0v) is 37.2. The van der Waals surface area contributed by atoms with Crippen LogP contribution >= 0.6 is 8.60 Å². The standard InChI is InChI=1S/C47H71O3P/c1-41(2,3)31-23-29-22-30-24-32(42(4,5)6)26-35(45(13,14)15)39(30)49-51(48-38(29)34(25-31)44(10,11)12)50-40-36(46(16,17)18)27-33(43(7,8)9)28-37(40)47(19,20)21/h23-28H,22H2,1-21H3. The molecule has 4 heteroatoms. The lowest BCUT2D eigenvalue weighted by Crippen LogP contribution is -2.24. The Morgan fingerprint density at radius 1 is 0.392 bits per heavy atom. The fourth-order valence-corrected chi connectivity index (χ4v) is 7.78. The van der Waals surface area contributed by atoms with E-state index in [4.69, 9.17) is 13.6 Å². The molecule has 0 amide bonds. The fraction of sp³-hybridized carbons (Fsp3) is 0.617. The van der Waals surface area contributed by atoms with Gasteiger partial charge >= 0.3 is 8.60 Å². The highest BCUT2D eigenvalue weighted by molar-refractivity contribution is 7.43. The van der Waals surface area contributed by atoms with Gasteiger partial charge < -0.3 is 13.6 Å². The van der Waals surface area contributed by atoms with Crippen LogP contribution in [0.1, 0.15) is 195 Å². The normalized spacial score (nSPS) is 15.3. The van der Waals surface area contributed by atoms with Gasteiger partial charge in [-0.15, -0.1) is 0 Å². The van der Waals surface area contributed by atoms with Crippen LogP contribution in [0.15, 0.2) is 36.4 Å². The summed E-state index contributed by atoms with van der Waals surface area (Å²) >= 11 is 0. The van der Waals surface area contributed by atoms with E-state index in [9.17, 15) is 0 Å². The van der Waals surface area contributed by atoms with Gasteiger partial charge in [-0.1, -0.05) is 182 Å². The SMILES string of the molecule is CC(C)(C)c1cc2c(c(C(C)(C)C)c1)OP(Oc1c(C(C)(C)C)cc(C(C)(C)C)cc1C(C)(C)C)Oc1c(cc(C(C)(C)C)cc1C(C)(C)C)C2. The van der Waals surface area contributed by atoms with E-state index >= 15 is 0 Å². The molecule has 0 atom stereocenters. The first-order chi connectivity index (χ1) is 22.7. The Morgan fingerprint density at radius 3 is 0.941 bits per heavy atom. The van der Waals surface area contributed by atoms with E-state index in [1.165, 1.54) is 50.1 Å². The largest absolute Gasteiger partial charge is 0.530 e. The van der Waals surface area contributed by atoms with Crippen molar-refractivity contribution in [3.05, 3.63) is 86.5 Å². The minimum Gasteiger partial charge on any atom is -0.408 e. The van der Waals surface area contributed by atoms with Gasteiger partial charge in [0.1, 0.15) is 17.2 Å². The van der Waals surface area contributed by atoms with Gasteiger partial charge in [0.25, 0.3) is 0 Å². The maximum absolute atomic E-state index is 7.34. The second-order valence-corrected chi connectivity index (χ2v) is 23.3. The summed E-state index contributed by atoms with van der Waals surface area (Å²) in [6, 6.07) is 14.2. The van der Waals surface area contributed by atoms with E-state index in [-0.39, 0.29) is 37.9 Å². The van der Waals surface area contributed by atoms with Crippen molar-refractivity contribution in [2.75, 3.05) is 0 Å². The topological polar surface area (TPSA) is 27.7 Å². The maximum Gasteiger partial charge on any atom is 0.530 e. The molecule has 1 aliphatic rings. The van der Waals surface area contributed by atoms with E-state index in [0.29, 0.717) is 6.42 Å². The first-order valence-electron chi connectivity index (χ1n) is 19.1. The van der Waals surface area contributed by atoms with Gasteiger partial charge in [0.2, 0.25) is 0 Å². The average Bonchev–Trinajstić information content (AvgIpc) is 2.89. The molecule has 3 nitrogen and oxygen atoms in total. The maximum atomic E-state index is 7.34. The van der Waals surface area contributed by atoms with Crippen LogP contribution in [0.5, 0.6) is 17.2 Å². The molecule has 51 heavy (non-hydrogen) atoms. The van der Waals surface area contributed by atoms with Gasteiger partial charge in [-0.3, -0.25) is 0 Å². The first-order valence-corrected chi connectivity index (χ1v) is 20.2. The van der Waals surface area contributed by atoms with Crippen molar-refractivity contribution in [3.63, 3.8) is 0 Å². The summed E-state index contributed by atoms with van der Waals surface area (Å²) in [7, 11) is -1.93. The number of hydrogen-bond donors (Lipinski definition) is 0. The lowest BCUT2D eigenvalue weighted by Gasteiger charge is -2.36. The third kappa shape index (κ3) is 9.18. The van der Waals surface area contributed by atoms with Gasteiger partial charge in [-0.05, 0) is 65.7 Å². The summed E-state index contributed by atoms with van der Waals surface area (Å²) < 4.78 is 21.8. The Balaban J connectivity index is 2.15. The number of hydrogen-bond acceptors (Lipinski definition) is 3. The molecule has 3 aromatic rings. The number of rotatable bonds is 2. The van der Waals surface area contributed by atoms with Crippen LogP contribution < -0.4 is 13.6 Å². The molecule has 1 aliphatic heterocycles. The Morgan fingerprint density at radius 2 is 0.667 bits per heavy atom. The van der Waals surface area contributed by atoms with Gasteiger partial charge in [-0.25, -0.2) is 0 Å². The van der Waals surface area contributed by atoms with Crippen LogP contribution in [0, 0.1) is 0 Å². The molecule has 0 aromatic heterocycles. The molecule has 0 saturated heterocycles. The molecule has 0 N–H and O–H groups in total. The summed E-state index contributed by atoms with van der Waals surface area (Å²) in [4.78, 5) is 0. The molecule has 0 fully saturated rings. The zero-order valence-electron chi connectivity index (χ0n) is 36.3. The molecule has 0 spiro atoms. The Hall–Kier alpha value is -2.51. The predicted octanol–water partition coefficient (Wildman–Crippen LogP) is 14.4. The summed E-state index contributed by atoms with van der Waals surface area (Å²) in [5, 5.41) is 0. The second-order valence-electron chi connectivity index (χ2n) is 22.3. The van der Waals surface area contributed by atoms with Crippen molar-refractivity contribution in [2.24, 2.45) is 0 Å². The highest BCUT2D eigenvalue weighted by Crippen LogP contribution is 2.55. The Kier molecular flexibility index (Phi) is 10.6. The van der Waals surface area contributed by atoms with E-state index < -0.39 is 8.60 Å². The molecule has 0 bridgehead atoms. The van der Waals surface area contributed by atoms with Crippen LogP contribution in [-0.4, -0.2) is 0 Å². The van der Waals surface area contributed by atoms with Crippen molar-refractivity contribution < 1.29 is 13.6 Å². The molecule has 4 rings (SSSR count). The first kappa shape index (κ1) is 41.2. The molecule has 0 saturated carbocycles. The lowest BCUT2D eigenvalue weighted by molar-refractivity contribution is 0.360. The minimum absolute atomic E-state index is 0.0201. The third-order valence-corrected chi connectivity index (χ3v) is 11.1. The van der Waals surface area contributed by atoms with Crippen molar-refractivity contribution in [1.82, 2.24) is 0 Å². The minimum atomic E-state index is -1.93. The summed E-state index contributed by atoms with van der Waals surface area (Å²) in [6.07, 6.45) is 0.717. The van der Waals surface area contributed by atoms with E-state index in [0.717, 1.165) is 17.2 Å². The fourth-order valence-electron chi connectivity index (χ4n) is 6.60. The third-order valence-electron chi connectivity index (χ3n) is 10.1. The molecule has 282 valence electrons. The van der Waals surface area contributed by atoms with Crippen LogP contribution in [0.4, 0.5) is 0 Å². The number of benzene rings is 3. The second kappa shape index (κ2) is 13.1. The van der Waals surface area contributed by atoms with Crippen molar-refractivity contribution in [2.45, 2.75) is 190 Å². The molecule has 0 unspecified atom stereocenters. The molecular weight excluding hydrogens is 643 g/mol. The molecule has 0 radical (unpaired) electrons. The average molecular weight is 715 g/mol. The van der Waals surface area contributed by atoms with Gasteiger partial charge in [0.05, 0.1) is 0 Å². The van der Waals surface area contributed by atoms with Crippen LogP contribution in [0.25, 0.3) is 0 Å². The highest BCUT2D eigenvalue weighted by atomic mass is 31.2. The van der Waals surface area contributed by atoms with E-state index in [1.807, 2.05) is 0 Å². The van der Waals surface area contributed by atoms with Crippen LogP contribution in [0.3, 0.4) is 0 Å². The van der Waals surface area contributed by atoms with Crippen molar-refractivity contribution in [3.8, 4) is 17.2 Å². The van der Waals surface area contributed by atoms with E-state index in [1.54, 1.807) is 0 Å². The van der Waals surface area contributed by atoms with Gasteiger partial charge in [0, 0.05) is 28.7 Å². The molecule has 1 heterocycles. The zero-order chi connectivity index (χ0) is 39.1. The Labute approximate surface area is 314 Å². The van der Waals surface area contributed by atoms with Crippen LogP contribution in [0.2, 0.25) is 0 Å². The molecule has 0 aliphatic carbocycles. The quantitative estimate of drug-likeness (QED) is 0.247. The van der Waals surface area contributed by atoms with Gasteiger partial charge in [-0.2, -0.15) is 0 Å². The van der Waals surface area contributed by atoms with Crippen molar-refractivity contribution in [1.29, 1.82) is 0 Å². The lowest BCUT2D eigenvalue weighted by atomic mass is 9.75.